The van der Waals surface area contributed by atoms with Crippen molar-refractivity contribution >= 4 is 32.5 Å². The van der Waals surface area contributed by atoms with Gasteiger partial charge < -0.3 is 4.84 Å². The molecule has 0 unspecified atom stereocenters. The van der Waals surface area contributed by atoms with Crippen LogP contribution in [0.15, 0.2) is 58.2 Å². The number of pyridine rings is 1. The van der Waals surface area contributed by atoms with Crippen LogP contribution in [0, 0.1) is 12.3 Å². The van der Waals surface area contributed by atoms with Crippen LogP contribution in [0.3, 0.4) is 0 Å². The lowest BCUT2D eigenvalue weighted by molar-refractivity contribution is -0.0631. The standard InChI is InChI=1S/C24H23BrN2O/c1-15-4-6-16(7-5-15)21-13-24(28-27-21)14-23(2,3)12-22-19(24)11-17-10-18(25)8-9-20(17)26-22/h4-11H,12-14H2,1-3H3/t24-/m1/s1. The number of benzene rings is 2. The molecule has 4 heteroatoms. The van der Waals surface area contributed by atoms with E-state index in [-0.39, 0.29) is 5.41 Å². The van der Waals surface area contributed by atoms with Crippen molar-refractivity contribution in [1.82, 2.24) is 4.98 Å². The van der Waals surface area contributed by atoms with E-state index in [1.54, 1.807) is 0 Å². The van der Waals surface area contributed by atoms with Crippen LogP contribution in [0.1, 0.15) is 49.1 Å². The van der Waals surface area contributed by atoms with Crippen molar-refractivity contribution in [3.8, 4) is 0 Å². The number of hydrogen-bond donors (Lipinski definition) is 0. The number of hydrogen-bond acceptors (Lipinski definition) is 3. The highest BCUT2D eigenvalue weighted by Gasteiger charge is 2.50. The minimum Gasteiger partial charge on any atom is -0.384 e. The number of nitrogens with zero attached hydrogens (tertiary/aromatic N) is 2. The van der Waals surface area contributed by atoms with Gasteiger partial charge in [-0.3, -0.25) is 4.98 Å². The third kappa shape index (κ3) is 2.95. The molecule has 1 aromatic heterocycles. The number of oxime groups is 1. The Kier molecular flexibility index (Phi) is 3.92. The molecule has 0 N–H and O–H groups in total. The molecule has 142 valence electrons. The van der Waals surface area contributed by atoms with Gasteiger partial charge in [0.15, 0.2) is 5.60 Å². The van der Waals surface area contributed by atoms with Crippen molar-refractivity contribution in [3.63, 3.8) is 0 Å². The summed E-state index contributed by atoms with van der Waals surface area (Å²) in [4.78, 5) is 11.3. The van der Waals surface area contributed by atoms with Crippen LogP contribution in [0.5, 0.6) is 0 Å². The second-order valence-electron chi connectivity index (χ2n) is 9.00. The van der Waals surface area contributed by atoms with Gasteiger partial charge in [-0.15, -0.1) is 0 Å². The molecule has 3 nitrogen and oxygen atoms in total. The molecular formula is C24H23BrN2O. The summed E-state index contributed by atoms with van der Waals surface area (Å²) in [5, 5.41) is 5.69. The van der Waals surface area contributed by atoms with Gasteiger partial charge >= 0.3 is 0 Å². The highest BCUT2D eigenvalue weighted by molar-refractivity contribution is 9.10. The molecule has 28 heavy (non-hydrogen) atoms. The van der Waals surface area contributed by atoms with Gasteiger partial charge in [0.1, 0.15) is 0 Å². The second kappa shape index (κ2) is 6.15. The first kappa shape index (κ1) is 17.9. The van der Waals surface area contributed by atoms with Gasteiger partial charge in [0.05, 0.1) is 11.2 Å². The summed E-state index contributed by atoms with van der Waals surface area (Å²) in [5.74, 6) is 0. The Bertz CT molecular complexity index is 1120. The Morgan fingerprint density at radius 1 is 1.00 bits per heavy atom. The van der Waals surface area contributed by atoms with Crippen LogP contribution in [0.4, 0.5) is 0 Å². The van der Waals surface area contributed by atoms with Crippen LogP contribution in [-0.4, -0.2) is 10.7 Å². The first-order chi connectivity index (χ1) is 13.3. The van der Waals surface area contributed by atoms with Gasteiger partial charge in [0.2, 0.25) is 0 Å². The van der Waals surface area contributed by atoms with Crippen molar-refractivity contribution in [1.29, 1.82) is 0 Å². The van der Waals surface area contributed by atoms with E-state index < -0.39 is 5.60 Å². The first-order valence-electron chi connectivity index (χ1n) is 9.75. The zero-order valence-electron chi connectivity index (χ0n) is 16.4. The monoisotopic (exact) mass is 434 g/mol. The van der Waals surface area contributed by atoms with Gasteiger partial charge in [-0.1, -0.05) is 64.8 Å². The van der Waals surface area contributed by atoms with Gasteiger partial charge in [-0.25, -0.2) is 0 Å². The molecule has 0 saturated heterocycles. The Labute approximate surface area is 173 Å². The molecule has 1 aliphatic carbocycles. The van der Waals surface area contributed by atoms with Crippen LogP contribution < -0.4 is 0 Å². The Morgan fingerprint density at radius 3 is 2.57 bits per heavy atom. The molecule has 0 bridgehead atoms. The van der Waals surface area contributed by atoms with E-state index in [0.29, 0.717) is 0 Å². The van der Waals surface area contributed by atoms with Gasteiger partial charge in [-0.05, 0) is 48.6 Å². The molecule has 5 rings (SSSR count). The van der Waals surface area contributed by atoms with E-state index in [1.165, 1.54) is 11.1 Å². The molecule has 1 atom stereocenters. The average Bonchev–Trinajstić information content (AvgIpc) is 3.04. The number of fused-ring (bicyclic) bond motifs is 3. The lowest BCUT2D eigenvalue weighted by Gasteiger charge is -2.41. The second-order valence-corrected chi connectivity index (χ2v) is 9.92. The van der Waals surface area contributed by atoms with Crippen LogP contribution in [0.2, 0.25) is 0 Å². The lowest BCUT2D eigenvalue weighted by atomic mass is 9.66. The summed E-state index contributed by atoms with van der Waals surface area (Å²) in [7, 11) is 0. The fourth-order valence-corrected chi connectivity index (χ4v) is 5.10. The summed E-state index contributed by atoms with van der Waals surface area (Å²) in [6, 6.07) is 17.1. The summed E-state index contributed by atoms with van der Waals surface area (Å²) < 4.78 is 1.07. The fourth-order valence-electron chi connectivity index (χ4n) is 4.72. The predicted molar refractivity (Wildman–Crippen MR) is 117 cm³/mol. The maximum atomic E-state index is 6.26. The zero-order valence-corrected chi connectivity index (χ0v) is 18.0. The van der Waals surface area contributed by atoms with Crippen molar-refractivity contribution in [2.45, 2.75) is 45.6 Å². The Morgan fingerprint density at radius 2 is 1.79 bits per heavy atom. The third-order valence-corrected chi connectivity index (χ3v) is 6.42. The van der Waals surface area contributed by atoms with Gasteiger partial charge in [0, 0.05) is 34.0 Å². The zero-order chi connectivity index (χ0) is 19.5. The first-order valence-corrected chi connectivity index (χ1v) is 10.5. The molecular weight excluding hydrogens is 412 g/mol. The van der Waals surface area contributed by atoms with Crippen molar-refractivity contribution in [2.24, 2.45) is 10.6 Å². The van der Waals surface area contributed by atoms with E-state index in [9.17, 15) is 0 Å². The van der Waals surface area contributed by atoms with Crippen LogP contribution in [-0.2, 0) is 16.9 Å². The third-order valence-electron chi connectivity index (χ3n) is 5.93. The quantitative estimate of drug-likeness (QED) is 0.450. The fraction of sp³-hybridized carbons (Fsp3) is 0.333. The molecule has 0 fully saturated rings. The number of rotatable bonds is 1. The van der Waals surface area contributed by atoms with Crippen molar-refractivity contribution in [3.05, 3.63) is 75.4 Å². The molecule has 1 spiro atoms. The van der Waals surface area contributed by atoms with E-state index >= 15 is 0 Å². The molecule has 0 amide bonds. The molecule has 0 saturated carbocycles. The van der Waals surface area contributed by atoms with E-state index in [0.717, 1.165) is 51.6 Å². The van der Waals surface area contributed by atoms with Crippen LogP contribution >= 0.6 is 15.9 Å². The molecule has 2 heterocycles. The molecule has 0 radical (unpaired) electrons. The topological polar surface area (TPSA) is 34.5 Å². The van der Waals surface area contributed by atoms with E-state index in [4.69, 9.17) is 9.82 Å². The molecule has 2 aromatic carbocycles. The smallest absolute Gasteiger partial charge is 0.170 e. The highest BCUT2D eigenvalue weighted by Crippen LogP contribution is 2.51. The maximum absolute atomic E-state index is 6.26. The number of aryl methyl sites for hydroxylation is 1. The lowest BCUT2D eigenvalue weighted by Crippen LogP contribution is -2.40. The van der Waals surface area contributed by atoms with Crippen LogP contribution in [0.25, 0.3) is 10.9 Å². The maximum Gasteiger partial charge on any atom is 0.170 e. The van der Waals surface area contributed by atoms with E-state index in [1.807, 2.05) is 0 Å². The minimum atomic E-state index is -0.430. The normalized spacial score (nSPS) is 22.8. The largest absolute Gasteiger partial charge is 0.384 e. The van der Waals surface area contributed by atoms with E-state index in [2.05, 4.69) is 90.4 Å². The van der Waals surface area contributed by atoms with Gasteiger partial charge in [0.25, 0.3) is 0 Å². The van der Waals surface area contributed by atoms with Crippen molar-refractivity contribution in [2.75, 3.05) is 0 Å². The average molecular weight is 435 g/mol. The highest BCUT2D eigenvalue weighted by atomic mass is 79.9. The number of aromatic nitrogens is 1. The predicted octanol–water partition coefficient (Wildman–Crippen LogP) is 6.30. The SMILES string of the molecule is Cc1ccc(C2=NO[C@]3(C2)CC(C)(C)Cc2nc4ccc(Br)cc4cc23)cc1. The summed E-state index contributed by atoms with van der Waals surface area (Å²) in [5.41, 5.74) is 6.48. The molecule has 1 aliphatic heterocycles. The Balaban J connectivity index is 1.61. The summed E-state index contributed by atoms with van der Waals surface area (Å²) >= 11 is 3.59. The summed E-state index contributed by atoms with van der Waals surface area (Å²) in [6.45, 7) is 6.71. The Hall–Kier alpha value is -2.20. The number of halogens is 1. The van der Waals surface area contributed by atoms with Gasteiger partial charge in [-0.2, -0.15) is 0 Å². The minimum absolute atomic E-state index is 0.112. The molecule has 2 aliphatic rings. The van der Waals surface area contributed by atoms with Crippen molar-refractivity contribution < 1.29 is 4.84 Å². The summed E-state index contributed by atoms with van der Waals surface area (Å²) in [6.07, 6.45) is 2.68. The molecule has 3 aromatic rings.